The van der Waals surface area contributed by atoms with Crippen molar-refractivity contribution in [3.05, 3.63) is 0 Å². The second-order valence-electron chi connectivity index (χ2n) is 10.8. The molecule has 0 fully saturated rings. The standard InChI is InChI=1S/C31H64N2O4/c1-4-6-8-10-15-19-26-35-28-30(29-36-27-20-16-11-9-7-5-2)37-31(34)22-17-13-12-14-18-24-33(3)25-21-23-32/h30H,4-29,32H2,1-3H3. The summed E-state index contributed by atoms with van der Waals surface area (Å²) in [4.78, 5) is 14.8. The number of hydrogen-bond donors (Lipinski definition) is 1. The summed E-state index contributed by atoms with van der Waals surface area (Å²) in [7, 11) is 2.16. The molecular formula is C31H64N2O4. The molecule has 0 radical (unpaired) electrons. The van der Waals surface area contributed by atoms with E-state index in [0.717, 1.165) is 65.0 Å². The Labute approximate surface area is 230 Å². The fourth-order valence-corrected chi connectivity index (χ4v) is 4.41. The zero-order chi connectivity index (χ0) is 27.2. The average Bonchev–Trinajstić information content (AvgIpc) is 2.89. The van der Waals surface area contributed by atoms with Crippen molar-refractivity contribution >= 4 is 5.97 Å². The summed E-state index contributed by atoms with van der Waals surface area (Å²) in [6.07, 6.45) is 21.8. The molecule has 0 rings (SSSR count). The first-order chi connectivity index (χ1) is 18.1. The number of nitrogens with zero attached hydrogens (tertiary/aromatic N) is 1. The third kappa shape index (κ3) is 28.1. The van der Waals surface area contributed by atoms with Crippen LogP contribution >= 0.6 is 0 Å². The van der Waals surface area contributed by atoms with E-state index in [9.17, 15) is 4.79 Å². The van der Waals surface area contributed by atoms with E-state index in [1.165, 1.54) is 83.5 Å². The zero-order valence-corrected chi connectivity index (χ0v) is 25.1. The van der Waals surface area contributed by atoms with E-state index in [1.807, 2.05) is 0 Å². The van der Waals surface area contributed by atoms with Gasteiger partial charge in [0.25, 0.3) is 0 Å². The van der Waals surface area contributed by atoms with Gasteiger partial charge in [0.1, 0.15) is 6.10 Å². The lowest BCUT2D eigenvalue weighted by atomic mass is 10.1. The Kier molecular flexibility index (Phi) is 29.3. The minimum atomic E-state index is -0.295. The number of nitrogens with two attached hydrogens (primary N) is 1. The molecule has 0 saturated heterocycles. The van der Waals surface area contributed by atoms with Crippen molar-refractivity contribution in [1.29, 1.82) is 0 Å². The molecule has 6 heteroatoms. The van der Waals surface area contributed by atoms with Crippen LogP contribution in [0.15, 0.2) is 0 Å². The van der Waals surface area contributed by atoms with E-state index < -0.39 is 0 Å². The predicted octanol–water partition coefficient (Wildman–Crippen LogP) is 7.27. The molecule has 0 heterocycles. The largest absolute Gasteiger partial charge is 0.457 e. The first-order valence-corrected chi connectivity index (χ1v) is 15.9. The van der Waals surface area contributed by atoms with Gasteiger partial charge in [0, 0.05) is 19.6 Å². The van der Waals surface area contributed by atoms with Gasteiger partial charge in [-0.05, 0) is 58.8 Å². The Morgan fingerprint density at radius 1 is 0.649 bits per heavy atom. The minimum absolute atomic E-state index is 0.113. The fraction of sp³-hybridized carbons (Fsp3) is 0.968. The van der Waals surface area contributed by atoms with Crippen LogP contribution in [0.2, 0.25) is 0 Å². The monoisotopic (exact) mass is 528 g/mol. The van der Waals surface area contributed by atoms with Crippen molar-refractivity contribution in [1.82, 2.24) is 4.90 Å². The molecule has 0 aliphatic heterocycles. The second-order valence-corrected chi connectivity index (χ2v) is 10.8. The Morgan fingerprint density at radius 3 is 1.65 bits per heavy atom. The molecule has 222 valence electrons. The van der Waals surface area contributed by atoms with Crippen LogP contribution in [0.3, 0.4) is 0 Å². The van der Waals surface area contributed by atoms with Crippen LogP contribution in [0.1, 0.15) is 136 Å². The third-order valence-electron chi connectivity index (χ3n) is 6.85. The number of ether oxygens (including phenoxy) is 3. The van der Waals surface area contributed by atoms with Crippen molar-refractivity contribution in [2.45, 2.75) is 142 Å². The summed E-state index contributed by atoms with van der Waals surface area (Å²) in [5.74, 6) is -0.113. The molecular weight excluding hydrogens is 464 g/mol. The summed E-state index contributed by atoms with van der Waals surface area (Å²) in [6, 6.07) is 0. The van der Waals surface area contributed by atoms with Crippen LogP contribution in [-0.4, -0.2) is 70.1 Å². The maximum atomic E-state index is 12.5. The van der Waals surface area contributed by atoms with Gasteiger partial charge in [-0.15, -0.1) is 0 Å². The number of carbonyl (C=O) groups is 1. The maximum absolute atomic E-state index is 12.5. The van der Waals surface area contributed by atoms with Gasteiger partial charge in [-0.2, -0.15) is 0 Å². The Hall–Kier alpha value is -0.690. The van der Waals surface area contributed by atoms with Crippen molar-refractivity contribution in [2.24, 2.45) is 5.73 Å². The Morgan fingerprint density at radius 2 is 1.11 bits per heavy atom. The van der Waals surface area contributed by atoms with E-state index in [1.54, 1.807) is 0 Å². The molecule has 0 atom stereocenters. The Balaban J connectivity index is 4.05. The minimum Gasteiger partial charge on any atom is -0.457 e. The molecule has 6 nitrogen and oxygen atoms in total. The number of esters is 1. The highest BCUT2D eigenvalue weighted by Gasteiger charge is 2.15. The molecule has 0 unspecified atom stereocenters. The van der Waals surface area contributed by atoms with E-state index in [2.05, 4.69) is 25.8 Å². The smallest absolute Gasteiger partial charge is 0.306 e. The number of hydrogen-bond acceptors (Lipinski definition) is 6. The highest BCUT2D eigenvalue weighted by molar-refractivity contribution is 5.69. The number of carbonyl (C=O) groups excluding carboxylic acids is 1. The van der Waals surface area contributed by atoms with Gasteiger partial charge in [0.2, 0.25) is 0 Å². The van der Waals surface area contributed by atoms with Crippen LogP contribution in [0.4, 0.5) is 0 Å². The van der Waals surface area contributed by atoms with Gasteiger partial charge in [-0.25, -0.2) is 0 Å². The summed E-state index contributed by atoms with van der Waals surface area (Å²) >= 11 is 0. The molecule has 0 aromatic carbocycles. The molecule has 2 N–H and O–H groups in total. The summed E-state index contributed by atoms with van der Waals surface area (Å²) in [6.45, 7) is 9.80. The highest BCUT2D eigenvalue weighted by Crippen LogP contribution is 2.10. The first-order valence-electron chi connectivity index (χ1n) is 15.9. The lowest BCUT2D eigenvalue weighted by molar-refractivity contribution is -0.156. The second kappa shape index (κ2) is 29.9. The maximum Gasteiger partial charge on any atom is 0.306 e. The Bertz CT molecular complexity index is 444. The van der Waals surface area contributed by atoms with Gasteiger partial charge >= 0.3 is 5.97 Å². The van der Waals surface area contributed by atoms with Crippen molar-refractivity contribution in [3.8, 4) is 0 Å². The lowest BCUT2D eigenvalue weighted by Gasteiger charge is -2.18. The lowest BCUT2D eigenvalue weighted by Crippen LogP contribution is -2.29. The molecule has 0 aromatic heterocycles. The van der Waals surface area contributed by atoms with Crippen molar-refractivity contribution in [2.75, 3.05) is 53.1 Å². The fourth-order valence-electron chi connectivity index (χ4n) is 4.41. The molecule has 0 bridgehead atoms. The van der Waals surface area contributed by atoms with Crippen LogP contribution in [-0.2, 0) is 19.0 Å². The number of unbranched alkanes of at least 4 members (excludes halogenated alkanes) is 14. The van der Waals surface area contributed by atoms with Crippen LogP contribution < -0.4 is 5.73 Å². The average molecular weight is 529 g/mol. The van der Waals surface area contributed by atoms with Gasteiger partial charge in [-0.1, -0.05) is 97.3 Å². The quantitative estimate of drug-likeness (QED) is 0.0780. The topological polar surface area (TPSA) is 74.0 Å². The van der Waals surface area contributed by atoms with Crippen molar-refractivity contribution in [3.63, 3.8) is 0 Å². The van der Waals surface area contributed by atoms with Crippen LogP contribution in [0, 0.1) is 0 Å². The van der Waals surface area contributed by atoms with Crippen LogP contribution in [0.5, 0.6) is 0 Å². The summed E-state index contributed by atoms with van der Waals surface area (Å²) in [5.41, 5.74) is 5.57. The molecule has 0 aliphatic carbocycles. The molecule has 0 amide bonds. The normalized spacial score (nSPS) is 11.6. The molecule has 0 spiro atoms. The van der Waals surface area contributed by atoms with Gasteiger partial charge in [0.05, 0.1) is 13.2 Å². The molecule has 37 heavy (non-hydrogen) atoms. The van der Waals surface area contributed by atoms with Gasteiger partial charge in [0.15, 0.2) is 0 Å². The van der Waals surface area contributed by atoms with E-state index in [4.69, 9.17) is 19.9 Å². The van der Waals surface area contributed by atoms with Crippen molar-refractivity contribution < 1.29 is 19.0 Å². The SMILES string of the molecule is CCCCCCCCOCC(COCCCCCCCC)OC(=O)CCCCCCCN(C)CCCN. The summed E-state index contributed by atoms with van der Waals surface area (Å²) < 4.78 is 17.5. The first kappa shape index (κ1) is 36.3. The molecule has 0 aliphatic rings. The van der Waals surface area contributed by atoms with Crippen LogP contribution in [0.25, 0.3) is 0 Å². The van der Waals surface area contributed by atoms with Gasteiger partial charge in [-0.3, -0.25) is 4.79 Å². The highest BCUT2D eigenvalue weighted by atomic mass is 16.6. The summed E-state index contributed by atoms with van der Waals surface area (Å²) in [5, 5.41) is 0. The third-order valence-corrected chi connectivity index (χ3v) is 6.85. The van der Waals surface area contributed by atoms with E-state index in [0.29, 0.717) is 19.6 Å². The molecule has 0 aromatic rings. The predicted molar refractivity (Wildman–Crippen MR) is 157 cm³/mol. The van der Waals surface area contributed by atoms with Gasteiger partial charge < -0.3 is 24.8 Å². The molecule has 0 saturated carbocycles. The van der Waals surface area contributed by atoms with E-state index >= 15 is 0 Å². The number of rotatable bonds is 30. The van der Waals surface area contributed by atoms with E-state index in [-0.39, 0.29) is 12.1 Å². The zero-order valence-electron chi connectivity index (χ0n) is 25.1.